The van der Waals surface area contributed by atoms with Gasteiger partial charge in [0, 0.05) is 19.6 Å². The molecule has 0 aliphatic carbocycles. The maximum atomic E-state index is 13.2. The molecule has 1 heterocycles. The van der Waals surface area contributed by atoms with Crippen molar-refractivity contribution in [2.45, 2.75) is 13.5 Å². The predicted octanol–water partition coefficient (Wildman–Crippen LogP) is 3.63. The Morgan fingerprint density at radius 1 is 1.05 bits per heavy atom. The lowest BCUT2D eigenvalue weighted by Crippen LogP contribution is -2.35. The lowest BCUT2D eigenvalue weighted by molar-refractivity contribution is 0.0342. The molecule has 3 rings (SSSR count). The molecule has 0 unspecified atom stereocenters. The van der Waals surface area contributed by atoms with Gasteiger partial charge in [0.25, 0.3) is 0 Å². The van der Waals surface area contributed by atoms with Crippen molar-refractivity contribution >= 4 is 0 Å². The normalized spacial score (nSPS) is 16.1. The fourth-order valence-electron chi connectivity index (χ4n) is 2.76. The van der Waals surface area contributed by atoms with Gasteiger partial charge in [-0.15, -0.1) is 0 Å². The van der Waals surface area contributed by atoms with Gasteiger partial charge in [0.1, 0.15) is 5.82 Å². The number of ether oxygens (including phenoxy) is 1. The van der Waals surface area contributed by atoms with Crippen LogP contribution in [-0.2, 0) is 11.3 Å². The SMILES string of the molecule is Cc1cc(F)ccc1-c1ccc(CN2CCOCC2)cc1. The molecule has 0 saturated carbocycles. The largest absolute Gasteiger partial charge is 0.379 e. The van der Waals surface area contributed by atoms with Crippen LogP contribution in [0.2, 0.25) is 0 Å². The molecule has 0 atom stereocenters. The second kappa shape index (κ2) is 6.37. The Hall–Kier alpha value is -1.71. The molecule has 1 aliphatic rings. The average molecular weight is 285 g/mol. The van der Waals surface area contributed by atoms with E-state index in [1.165, 1.54) is 11.6 Å². The number of morpholine rings is 1. The van der Waals surface area contributed by atoms with Gasteiger partial charge in [-0.3, -0.25) is 4.90 Å². The van der Waals surface area contributed by atoms with E-state index in [0.717, 1.165) is 49.5 Å². The van der Waals surface area contributed by atoms with Crippen molar-refractivity contribution in [3.05, 3.63) is 59.4 Å². The molecular formula is C18H20FNO. The second-order valence-corrected chi connectivity index (χ2v) is 5.54. The van der Waals surface area contributed by atoms with Crippen molar-refractivity contribution in [2.24, 2.45) is 0 Å². The van der Waals surface area contributed by atoms with Gasteiger partial charge in [-0.2, -0.15) is 0 Å². The van der Waals surface area contributed by atoms with E-state index in [-0.39, 0.29) is 5.82 Å². The predicted molar refractivity (Wildman–Crippen MR) is 82.7 cm³/mol. The first kappa shape index (κ1) is 14.2. The van der Waals surface area contributed by atoms with Crippen LogP contribution in [0.4, 0.5) is 4.39 Å². The highest BCUT2D eigenvalue weighted by atomic mass is 19.1. The van der Waals surface area contributed by atoms with Crippen LogP contribution in [0.1, 0.15) is 11.1 Å². The smallest absolute Gasteiger partial charge is 0.123 e. The van der Waals surface area contributed by atoms with Gasteiger partial charge in [-0.05, 0) is 41.3 Å². The van der Waals surface area contributed by atoms with Crippen molar-refractivity contribution < 1.29 is 9.13 Å². The van der Waals surface area contributed by atoms with Gasteiger partial charge >= 0.3 is 0 Å². The molecule has 0 radical (unpaired) electrons. The number of hydrogen-bond acceptors (Lipinski definition) is 2. The summed E-state index contributed by atoms with van der Waals surface area (Å²) >= 11 is 0. The first-order valence-corrected chi connectivity index (χ1v) is 7.38. The molecule has 1 saturated heterocycles. The van der Waals surface area contributed by atoms with E-state index in [4.69, 9.17) is 4.74 Å². The van der Waals surface area contributed by atoms with Gasteiger partial charge in [-0.25, -0.2) is 4.39 Å². The Morgan fingerprint density at radius 2 is 1.76 bits per heavy atom. The Bertz CT molecular complexity index is 603. The summed E-state index contributed by atoms with van der Waals surface area (Å²) in [6.45, 7) is 6.56. The number of halogens is 1. The molecule has 1 aliphatic heterocycles. The highest BCUT2D eigenvalue weighted by Crippen LogP contribution is 2.24. The van der Waals surface area contributed by atoms with Crippen molar-refractivity contribution in [3.8, 4) is 11.1 Å². The summed E-state index contributed by atoms with van der Waals surface area (Å²) in [6, 6.07) is 13.5. The molecule has 2 nitrogen and oxygen atoms in total. The molecule has 0 spiro atoms. The molecule has 2 aromatic carbocycles. The molecular weight excluding hydrogens is 265 g/mol. The Balaban J connectivity index is 1.74. The van der Waals surface area contributed by atoms with Crippen LogP contribution in [0.5, 0.6) is 0 Å². The van der Waals surface area contributed by atoms with Gasteiger partial charge in [0.2, 0.25) is 0 Å². The van der Waals surface area contributed by atoms with Gasteiger partial charge in [0.05, 0.1) is 13.2 Å². The highest BCUT2D eigenvalue weighted by molar-refractivity contribution is 5.67. The summed E-state index contributed by atoms with van der Waals surface area (Å²) in [5.74, 6) is -0.180. The molecule has 0 aromatic heterocycles. The zero-order chi connectivity index (χ0) is 14.7. The van der Waals surface area contributed by atoms with E-state index in [1.807, 2.05) is 13.0 Å². The van der Waals surface area contributed by atoms with Crippen LogP contribution in [0.3, 0.4) is 0 Å². The average Bonchev–Trinajstić information content (AvgIpc) is 2.49. The lowest BCUT2D eigenvalue weighted by Gasteiger charge is -2.26. The zero-order valence-electron chi connectivity index (χ0n) is 12.3. The van der Waals surface area contributed by atoms with E-state index in [1.54, 1.807) is 6.07 Å². The monoisotopic (exact) mass is 285 g/mol. The van der Waals surface area contributed by atoms with Gasteiger partial charge in [0.15, 0.2) is 0 Å². The first-order chi connectivity index (χ1) is 10.2. The lowest BCUT2D eigenvalue weighted by atomic mass is 9.99. The summed E-state index contributed by atoms with van der Waals surface area (Å²) in [7, 11) is 0. The molecule has 0 bridgehead atoms. The molecule has 110 valence electrons. The minimum absolute atomic E-state index is 0.180. The van der Waals surface area contributed by atoms with Crippen LogP contribution < -0.4 is 0 Å². The quantitative estimate of drug-likeness (QED) is 0.854. The second-order valence-electron chi connectivity index (χ2n) is 5.54. The van der Waals surface area contributed by atoms with Crippen molar-refractivity contribution in [1.29, 1.82) is 0 Å². The van der Waals surface area contributed by atoms with Gasteiger partial charge in [-0.1, -0.05) is 30.3 Å². The highest BCUT2D eigenvalue weighted by Gasteiger charge is 2.10. The third-order valence-corrected chi connectivity index (χ3v) is 3.96. The van der Waals surface area contributed by atoms with E-state index in [2.05, 4.69) is 29.2 Å². The van der Waals surface area contributed by atoms with E-state index in [9.17, 15) is 4.39 Å². The molecule has 0 N–H and O–H groups in total. The maximum absolute atomic E-state index is 13.2. The summed E-state index contributed by atoms with van der Waals surface area (Å²) in [5.41, 5.74) is 4.50. The number of hydrogen-bond donors (Lipinski definition) is 0. The van der Waals surface area contributed by atoms with Crippen LogP contribution in [-0.4, -0.2) is 31.2 Å². The van der Waals surface area contributed by atoms with Crippen LogP contribution in [0, 0.1) is 12.7 Å². The minimum Gasteiger partial charge on any atom is -0.379 e. The fraction of sp³-hybridized carbons (Fsp3) is 0.333. The van der Waals surface area contributed by atoms with Crippen molar-refractivity contribution in [2.75, 3.05) is 26.3 Å². The Morgan fingerprint density at radius 3 is 2.43 bits per heavy atom. The standard InChI is InChI=1S/C18H20FNO/c1-14-12-17(19)6-7-18(14)16-4-2-15(3-5-16)13-20-8-10-21-11-9-20/h2-7,12H,8-11,13H2,1H3. The fourth-order valence-corrected chi connectivity index (χ4v) is 2.76. The first-order valence-electron chi connectivity index (χ1n) is 7.38. The van der Waals surface area contributed by atoms with Crippen LogP contribution >= 0.6 is 0 Å². The third-order valence-electron chi connectivity index (χ3n) is 3.96. The summed E-state index contributed by atoms with van der Waals surface area (Å²) in [5, 5.41) is 0. The molecule has 3 heteroatoms. The third kappa shape index (κ3) is 3.49. The van der Waals surface area contributed by atoms with Gasteiger partial charge < -0.3 is 4.74 Å². The Kier molecular flexibility index (Phi) is 4.32. The molecule has 0 amide bonds. The Labute approximate surface area is 125 Å². The number of nitrogens with zero attached hydrogens (tertiary/aromatic N) is 1. The number of rotatable bonds is 3. The summed E-state index contributed by atoms with van der Waals surface area (Å²) in [4.78, 5) is 2.40. The molecule has 21 heavy (non-hydrogen) atoms. The molecule has 2 aromatic rings. The molecule has 1 fully saturated rings. The van der Waals surface area contributed by atoms with Crippen LogP contribution in [0.15, 0.2) is 42.5 Å². The van der Waals surface area contributed by atoms with E-state index < -0.39 is 0 Å². The number of benzene rings is 2. The summed E-state index contributed by atoms with van der Waals surface area (Å²) in [6.07, 6.45) is 0. The zero-order valence-corrected chi connectivity index (χ0v) is 12.3. The van der Waals surface area contributed by atoms with Crippen LogP contribution in [0.25, 0.3) is 11.1 Å². The topological polar surface area (TPSA) is 12.5 Å². The summed E-state index contributed by atoms with van der Waals surface area (Å²) < 4.78 is 18.5. The van der Waals surface area contributed by atoms with Crippen molar-refractivity contribution in [1.82, 2.24) is 4.90 Å². The maximum Gasteiger partial charge on any atom is 0.123 e. The van der Waals surface area contributed by atoms with E-state index >= 15 is 0 Å². The van der Waals surface area contributed by atoms with E-state index in [0.29, 0.717) is 0 Å². The van der Waals surface area contributed by atoms with Crippen molar-refractivity contribution in [3.63, 3.8) is 0 Å². The minimum atomic E-state index is -0.180. The number of aryl methyl sites for hydroxylation is 1.